The van der Waals surface area contributed by atoms with E-state index in [4.69, 9.17) is 11.1 Å². The monoisotopic (exact) mass is 245 g/mol. The summed E-state index contributed by atoms with van der Waals surface area (Å²) in [4.78, 5) is 2.50. The third-order valence-corrected chi connectivity index (χ3v) is 3.45. The number of nitrogens with zero attached hydrogens (tertiary/aromatic N) is 1. The Morgan fingerprint density at radius 2 is 2.11 bits per heavy atom. The number of benzene rings is 1. The molecule has 0 spiro atoms. The molecule has 3 heteroatoms. The van der Waals surface area contributed by atoms with Crippen LogP contribution in [0.3, 0.4) is 0 Å². The molecular formula is C15H23N3. The highest BCUT2D eigenvalue weighted by atomic mass is 15.1. The van der Waals surface area contributed by atoms with E-state index in [1.54, 1.807) is 0 Å². The number of hydrogen-bond donors (Lipinski definition) is 2. The van der Waals surface area contributed by atoms with Gasteiger partial charge in [0.25, 0.3) is 0 Å². The number of amidine groups is 1. The van der Waals surface area contributed by atoms with Crippen molar-refractivity contribution in [2.45, 2.75) is 32.7 Å². The van der Waals surface area contributed by atoms with Crippen molar-refractivity contribution < 1.29 is 0 Å². The van der Waals surface area contributed by atoms with Crippen LogP contribution in [0.2, 0.25) is 0 Å². The topological polar surface area (TPSA) is 53.1 Å². The van der Waals surface area contributed by atoms with Crippen LogP contribution in [-0.2, 0) is 6.54 Å². The van der Waals surface area contributed by atoms with Gasteiger partial charge in [0, 0.05) is 18.7 Å². The van der Waals surface area contributed by atoms with E-state index >= 15 is 0 Å². The van der Waals surface area contributed by atoms with Gasteiger partial charge in [-0.3, -0.25) is 10.3 Å². The number of rotatable bonds is 7. The van der Waals surface area contributed by atoms with Crippen LogP contribution in [-0.4, -0.2) is 23.8 Å². The molecule has 1 saturated carbocycles. The Labute approximate surface area is 109 Å². The molecule has 2 rings (SSSR count). The van der Waals surface area contributed by atoms with E-state index < -0.39 is 0 Å². The van der Waals surface area contributed by atoms with Gasteiger partial charge in [-0.25, -0.2) is 0 Å². The quantitative estimate of drug-likeness (QED) is 0.573. The van der Waals surface area contributed by atoms with E-state index in [9.17, 15) is 0 Å². The molecule has 3 N–H and O–H groups in total. The van der Waals surface area contributed by atoms with Crippen molar-refractivity contribution in [1.82, 2.24) is 4.90 Å². The number of nitrogens with one attached hydrogen (secondary N) is 1. The van der Waals surface area contributed by atoms with E-state index in [0.717, 1.165) is 24.6 Å². The summed E-state index contributed by atoms with van der Waals surface area (Å²) in [6.07, 6.45) is 3.94. The lowest BCUT2D eigenvalue weighted by molar-refractivity contribution is 0.255. The predicted molar refractivity (Wildman–Crippen MR) is 75.8 cm³/mol. The standard InChI is InChI=1S/C15H23N3/c1-2-9-18(10-12-7-8-12)11-13-5-3-4-6-14(13)15(16)17/h3-6,12H,2,7-11H2,1H3,(H3,16,17). The van der Waals surface area contributed by atoms with Gasteiger partial charge in [-0.2, -0.15) is 0 Å². The third kappa shape index (κ3) is 3.57. The summed E-state index contributed by atoms with van der Waals surface area (Å²) < 4.78 is 0. The minimum absolute atomic E-state index is 0.175. The van der Waals surface area contributed by atoms with Gasteiger partial charge in [-0.1, -0.05) is 31.2 Å². The van der Waals surface area contributed by atoms with Gasteiger partial charge in [0.15, 0.2) is 0 Å². The van der Waals surface area contributed by atoms with E-state index in [1.165, 1.54) is 31.4 Å². The van der Waals surface area contributed by atoms with E-state index in [-0.39, 0.29) is 5.84 Å². The normalized spacial score (nSPS) is 15.0. The molecule has 1 aromatic rings. The largest absolute Gasteiger partial charge is 0.384 e. The highest BCUT2D eigenvalue weighted by molar-refractivity contribution is 5.96. The number of nitrogen functional groups attached to an aromatic ring is 1. The van der Waals surface area contributed by atoms with Gasteiger partial charge in [0.05, 0.1) is 0 Å². The van der Waals surface area contributed by atoms with Gasteiger partial charge in [0.2, 0.25) is 0 Å². The van der Waals surface area contributed by atoms with Crippen LogP contribution in [0.1, 0.15) is 37.3 Å². The molecule has 0 radical (unpaired) electrons. The van der Waals surface area contributed by atoms with Crippen LogP contribution >= 0.6 is 0 Å². The lowest BCUT2D eigenvalue weighted by atomic mass is 10.1. The average Bonchev–Trinajstić information content (AvgIpc) is 3.13. The lowest BCUT2D eigenvalue weighted by Gasteiger charge is -2.22. The first-order chi connectivity index (χ1) is 8.70. The van der Waals surface area contributed by atoms with Crippen molar-refractivity contribution >= 4 is 5.84 Å². The highest BCUT2D eigenvalue weighted by Gasteiger charge is 2.24. The maximum Gasteiger partial charge on any atom is 0.123 e. The zero-order valence-electron chi connectivity index (χ0n) is 11.2. The SMILES string of the molecule is CCCN(Cc1ccccc1C(=N)N)CC1CC1. The Morgan fingerprint density at radius 1 is 1.39 bits per heavy atom. The minimum Gasteiger partial charge on any atom is -0.384 e. The van der Waals surface area contributed by atoms with Crippen molar-refractivity contribution in [2.24, 2.45) is 11.7 Å². The first-order valence-corrected chi connectivity index (χ1v) is 6.85. The Hall–Kier alpha value is -1.35. The molecule has 1 aliphatic rings. The van der Waals surface area contributed by atoms with Gasteiger partial charge in [0.1, 0.15) is 5.84 Å². The fourth-order valence-electron chi connectivity index (χ4n) is 2.38. The fourth-order valence-corrected chi connectivity index (χ4v) is 2.38. The molecule has 1 aliphatic carbocycles. The molecule has 18 heavy (non-hydrogen) atoms. The van der Waals surface area contributed by atoms with Crippen molar-refractivity contribution in [2.75, 3.05) is 13.1 Å². The van der Waals surface area contributed by atoms with Gasteiger partial charge in [-0.15, -0.1) is 0 Å². The second-order valence-corrected chi connectivity index (χ2v) is 5.25. The Balaban J connectivity index is 2.06. The van der Waals surface area contributed by atoms with Gasteiger partial charge >= 0.3 is 0 Å². The predicted octanol–water partition coefficient (Wildman–Crippen LogP) is 2.59. The minimum atomic E-state index is 0.175. The number of hydrogen-bond acceptors (Lipinski definition) is 2. The van der Waals surface area contributed by atoms with Crippen LogP contribution in [0.4, 0.5) is 0 Å². The maximum atomic E-state index is 7.64. The molecule has 3 nitrogen and oxygen atoms in total. The third-order valence-electron chi connectivity index (χ3n) is 3.45. The Morgan fingerprint density at radius 3 is 2.72 bits per heavy atom. The van der Waals surface area contributed by atoms with Crippen molar-refractivity contribution in [3.05, 3.63) is 35.4 Å². The summed E-state index contributed by atoms with van der Waals surface area (Å²) in [7, 11) is 0. The lowest BCUT2D eigenvalue weighted by Crippen LogP contribution is -2.28. The highest BCUT2D eigenvalue weighted by Crippen LogP contribution is 2.30. The molecule has 0 bridgehead atoms. The molecule has 1 aromatic carbocycles. The van der Waals surface area contributed by atoms with E-state index in [0.29, 0.717) is 0 Å². The molecule has 0 heterocycles. The summed E-state index contributed by atoms with van der Waals surface area (Å²) in [6.45, 7) is 5.46. The van der Waals surface area contributed by atoms with Gasteiger partial charge in [-0.05, 0) is 37.3 Å². The molecule has 0 atom stereocenters. The summed E-state index contributed by atoms with van der Waals surface area (Å²) in [5.74, 6) is 1.08. The van der Waals surface area contributed by atoms with Crippen molar-refractivity contribution in [3.8, 4) is 0 Å². The second kappa shape index (κ2) is 6.01. The van der Waals surface area contributed by atoms with Crippen LogP contribution in [0.15, 0.2) is 24.3 Å². The molecule has 0 aromatic heterocycles. The number of nitrogens with two attached hydrogens (primary N) is 1. The molecule has 0 aliphatic heterocycles. The van der Waals surface area contributed by atoms with Crippen LogP contribution < -0.4 is 5.73 Å². The summed E-state index contributed by atoms with van der Waals surface area (Å²) >= 11 is 0. The molecule has 0 saturated heterocycles. The molecule has 98 valence electrons. The van der Waals surface area contributed by atoms with E-state index in [2.05, 4.69) is 17.9 Å². The molecule has 0 unspecified atom stereocenters. The first-order valence-electron chi connectivity index (χ1n) is 6.85. The molecule has 0 amide bonds. The molecule has 1 fully saturated rings. The second-order valence-electron chi connectivity index (χ2n) is 5.25. The molecular weight excluding hydrogens is 222 g/mol. The average molecular weight is 245 g/mol. The van der Waals surface area contributed by atoms with Crippen molar-refractivity contribution in [1.29, 1.82) is 5.41 Å². The smallest absolute Gasteiger partial charge is 0.123 e. The zero-order chi connectivity index (χ0) is 13.0. The van der Waals surface area contributed by atoms with Crippen LogP contribution in [0.5, 0.6) is 0 Å². The summed E-state index contributed by atoms with van der Waals surface area (Å²) in [5.41, 5.74) is 7.71. The summed E-state index contributed by atoms with van der Waals surface area (Å²) in [5, 5.41) is 7.64. The maximum absolute atomic E-state index is 7.64. The van der Waals surface area contributed by atoms with Crippen LogP contribution in [0.25, 0.3) is 0 Å². The van der Waals surface area contributed by atoms with Crippen LogP contribution in [0, 0.1) is 11.3 Å². The summed E-state index contributed by atoms with van der Waals surface area (Å²) in [6, 6.07) is 8.01. The Kier molecular flexibility index (Phi) is 4.37. The van der Waals surface area contributed by atoms with Crippen molar-refractivity contribution in [3.63, 3.8) is 0 Å². The fraction of sp³-hybridized carbons (Fsp3) is 0.533. The Bertz CT molecular complexity index is 410. The first kappa shape index (κ1) is 13.1. The zero-order valence-corrected chi connectivity index (χ0v) is 11.2. The van der Waals surface area contributed by atoms with Gasteiger partial charge < -0.3 is 5.73 Å². The van der Waals surface area contributed by atoms with E-state index in [1.807, 2.05) is 18.2 Å².